The van der Waals surface area contributed by atoms with Crippen molar-refractivity contribution >= 4 is 23.3 Å². The topological polar surface area (TPSA) is 84.1 Å². The van der Waals surface area contributed by atoms with E-state index in [1.54, 1.807) is 0 Å². The first kappa shape index (κ1) is 14.0. The Kier molecular flexibility index (Phi) is 3.99. The van der Waals surface area contributed by atoms with E-state index < -0.39 is 17.4 Å². The molecule has 0 radical (unpaired) electrons. The molecular weight excluding hydrogens is 289 g/mol. The first-order chi connectivity index (χ1) is 9.51. The maximum absolute atomic E-state index is 13.4. The Labute approximate surface area is 117 Å². The molecule has 0 bridgehead atoms. The SMILES string of the molecule is COc1cc(C(=O)Nc2[nH]c(=O)ncc2F)ccc1Cl. The van der Waals surface area contributed by atoms with Gasteiger partial charge in [0.2, 0.25) is 0 Å². The van der Waals surface area contributed by atoms with Gasteiger partial charge in [-0.1, -0.05) is 11.6 Å². The highest BCUT2D eigenvalue weighted by Crippen LogP contribution is 2.25. The summed E-state index contributed by atoms with van der Waals surface area (Å²) >= 11 is 5.83. The zero-order chi connectivity index (χ0) is 14.7. The molecule has 20 heavy (non-hydrogen) atoms. The van der Waals surface area contributed by atoms with Gasteiger partial charge in [0.15, 0.2) is 11.6 Å². The number of hydrogen-bond donors (Lipinski definition) is 2. The van der Waals surface area contributed by atoms with E-state index in [1.165, 1.54) is 25.3 Å². The van der Waals surface area contributed by atoms with Crippen LogP contribution in [0.15, 0.2) is 29.2 Å². The zero-order valence-corrected chi connectivity index (χ0v) is 11.0. The van der Waals surface area contributed by atoms with Crippen LogP contribution >= 0.6 is 11.6 Å². The Morgan fingerprint density at radius 1 is 1.50 bits per heavy atom. The van der Waals surface area contributed by atoms with Gasteiger partial charge in [-0.2, -0.15) is 4.98 Å². The quantitative estimate of drug-likeness (QED) is 0.905. The first-order valence-electron chi connectivity index (χ1n) is 5.41. The number of amides is 1. The van der Waals surface area contributed by atoms with E-state index in [0.29, 0.717) is 10.8 Å². The number of rotatable bonds is 3. The van der Waals surface area contributed by atoms with Gasteiger partial charge in [0.1, 0.15) is 5.75 Å². The fraction of sp³-hybridized carbons (Fsp3) is 0.0833. The smallest absolute Gasteiger partial charge is 0.346 e. The Balaban J connectivity index is 2.28. The van der Waals surface area contributed by atoms with Crippen LogP contribution in [0.1, 0.15) is 10.4 Å². The predicted molar refractivity (Wildman–Crippen MR) is 70.8 cm³/mol. The average Bonchev–Trinajstić information content (AvgIpc) is 2.43. The van der Waals surface area contributed by atoms with Crippen LogP contribution in [0.3, 0.4) is 0 Å². The summed E-state index contributed by atoms with van der Waals surface area (Å²) < 4.78 is 18.3. The van der Waals surface area contributed by atoms with Gasteiger partial charge in [-0.05, 0) is 18.2 Å². The minimum absolute atomic E-state index is 0.198. The first-order valence-corrected chi connectivity index (χ1v) is 5.79. The van der Waals surface area contributed by atoms with Crippen LogP contribution in [0.5, 0.6) is 5.75 Å². The summed E-state index contributed by atoms with van der Waals surface area (Å²) in [5.41, 5.74) is -0.571. The average molecular weight is 298 g/mol. The third-order valence-corrected chi connectivity index (χ3v) is 2.73. The minimum Gasteiger partial charge on any atom is -0.495 e. The van der Waals surface area contributed by atoms with E-state index in [9.17, 15) is 14.0 Å². The predicted octanol–water partition coefficient (Wildman–Crippen LogP) is 1.82. The molecule has 0 saturated heterocycles. The number of aromatic nitrogens is 2. The van der Waals surface area contributed by atoms with Gasteiger partial charge >= 0.3 is 5.69 Å². The molecule has 6 nitrogen and oxygen atoms in total. The molecule has 0 spiro atoms. The van der Waals surface area contributed by atoms with E-state index in [2.05, 4.69) is 15.3 Å². The molecular formula is C12H9ClFN3O3. The largest absolute Gasteiger partial charge is 0.495 e. The van der Waals surface area contributed by atoms with Crippen molar-refractivity contribution in [3.05, 3.63) is 51.3 Å². The monoisotopic (exact) mass is 297 g/mol. The number of anilines is 1. The molecule has 2 rings (SSSR count). The third kappa shape index (κ3) is 2.94. The summed E-state index contributed by atoms with van der Waals surface area (Å²) in [6.07, 6.45) is 0.719. The van der Waals surface area contributed by atoms with Crippen molar-refractivity contribution in [3.8, 4) is 5.75 Å². The fourth-order valence-electron chi connectivity index (χ4n) is 1.46. The van der Waals surface area contributed by atoms with Gasteiger partial charge < -0.3 is 10.1 Å². The molecule has 0 unspecified atom stereocenters. The summed E-state index contributed by atoms with van der Waals surface area (Å²) in [6.45, 7) is 0. The number of nitrogens with zero attached hydrogens (tertiary/aromatic N) is 1. The van der Waals surface area contributed by atoms with E-state index in [0.717, 1.165) is 6.20 Å². The Bertz CT molecular complexity index is 717. The Morgan fingerprint density at radius 3 is 2.95 bits per heavy atom. The van der Waals surface area contributed by atoms with Crippen molar-refractivity contribution in [3.63, 3.8) is 0 Å². The molecule has 0 aliphatic carbocycles. The molecule has 0 fully saturated rings. The molecule has 0 aliphatic heterocycles. The molecule has 2 aromatic rings. The molecule has 0 aliphatic rings. The number of methoxy groups -OCH3 is 1. The second kappa shape index (κ2) is 5.70. The molecule has 1 amide bonds. The maximum Gasteiger partial charge on any atom is 0.346 e. The number of hydrogen-bond acceptors (Lipinski definition) is 4. The van der Waals surface area contributed by atoms with Crippen LogP contribution in [0, 0.1) is 5.82 Å². The number of aromatic amines is 1. The molecule has 1 heterocycles. The number of halogens is 2. The summed E-state index contributed by atoms with van der Waals surface area (Å²) in [4.78, 5) is 28.2. The number of carbonyl (C=O) groups excluding carboxylic acids is 1. The summed E-state index contributed by atoms with van der Waals surface area (Å²) in [7, 11) is 1.41. The number of nitrogens with one attached hydrogen (secondary N) is 2. The lowest BCUT2D eigenvalue weighted by atomic mass is 10.2. The number of ether oxygens (including phenoxy) is 1. The van der Waals surface area contributed by atoms with Gasteiger partial charge in [0, 0.05) is 5.56 Å². The maximum atomic E-state index is 13.4. The van der Waals surface area contributed by atoms with Crippen molar-refractivity contribution in [1.29, 1.82) is 0 Å². The number of carbonyl (C=O) groups is 1. The van der Waals surface area contributed by atoms with Crippen molar-refractivity contribution in [2.24, 2.45) is 0 Å². The van der Waals surface area contributed by atoms with Crippen LogP contribution in [0.4, 0.5) is 10.2 Å². The molecule has 1 aromatic carbocycles. The van der Waals surface area contributed by atoms with Crippen LogP contribution in [-0.4, -0.2) is 23.0 Å². The molecule has 1 aromatic heterocycles. The normalized spacial score (nSPS) is 10.2. The fourth-order valence-corrected chi connectivity index (χ4v) is 1.65. The number of H-pyrrole nitrogens is 1. The summed E-state index contributed by atoms with van der Waals surface area (Å²) in [6, 6.07) is 4.31. The lowest BCUT2D eigenvalue weighted by Crippen LogP contribution is -2.19. The lowest BCUT2D eigenvalue weighted by molar-refractivity contribution is 0.102. The standard InChI is InChI=1S/C12H9ClFN3O3/c1-20-9-4-6(2-3-7(9)13)11(18)16-10-8(14)5-15-12(19)17-10/h2-5H,1H3,(H2,15,16,17,18,19). The van der Waals surface area contributed by atoms with Crippen LogP contribution in [0.25, 0.3) is 0 Å². The van der Waals surface area contributed by atoms with Crippen molar-refractivity contribution in [1.82, 2.24) is 9.97 Å². The second-order valence-electron chi connectivity index (χ2n) is 3.71. The van der Waals surface area contributed by atoms with Crippen molar-refractivity contribution < 1.29 is 13.9 Å². The molecule has 8 heteroatoms. The van der Waals surface area contributed by atoms with Gasteiger partial charge in [-0.3, -0.25) is 9.78 Å². The van der Waals surface area contributed by atoms with E-state index >= 15 is 0 Å². The van der Waals surface area contributed by atoms with E-state index in [4.69, 9.17) is 16.3 Å². The molecule has 0 atom stereocenters. The van der Waals surface area contributed by atoms with Gasteiger partial charge in [0.25, 0.3) is 5.91 Å². The molecule has 2 N–H and O–H groups in total. The van der Waals surface area contributed by atoms with Gasteiger partial charge in [-0.15, -0.1) is 0 Å². The van der Waals surface area contributed by atoms with Crippen LogP contribution < -0.4 is 15.7 Å². The van der Waals surface area contributed by atoms with E-state index in [-0.39, 0.29) is 11.4 Å². The summed E-state index contributed by atoms with van der Waals surface area (Å²) in [5.74, 6) is -1.52. The van der Waals surface area contributed by atoms with Crippen LogP contribution in [-0.2, 0) is 0 Å². The highest BCUT2D eigenvalue weighted by atomic mass is 35.5. The zero-order valence-electron chi connectivity index (χ0n) is 10.2. The van der Waals surface area contributed by atoms with E-state index in [1.807, 2.05) is 0 Å². The molecule has 0 saturated carbocycles. The van der Waals surface area contributed by atoms with Crippen LogP contribution in [0.2, 0.25) is 5.02 Å². The second-order valence-corrected chi connectivity index (χ2v) is 4.12. The van der Waals surface area contributed by atoms with Gasteiger partial charge in [-0.25, -0.2) is 9.18 Å². The van der Waals surface area contributed by atoms with Crippen molar-refractivity contribution in [2.45, 2.75) is 0 Å². The Morgan fingerprint density at radius 2 is 2.25 bits per heavy atom. The van der Waals surface area contributed by atoms with Crippen molar-refractivity contribution in [2.75, 3.05) is 12.4 Å². The third-order valence-electron chi connectivity index (χ3n) is 2.42. The minimum atomic E-state index is -0.848. The number of benzene rings is 1. The highest BCUT2D eigenvalue weighted by Gasteiger charge is 2.12. The Hall–Kier alpha value is -2.41. The van der Waals surface area contributed by atoms with Gasteiger partial charge in [0.05, 0.1) is 18.3 Å². The summed E-state index contributed by atoms with van der Waals surface area (Å²) in [5, 5.41) is 2.57. The highest BCUT2D eigenvalue weighted by molar-refractivity contribution is 6.32. The lowest BCUT2D eigenvalue weighted by Gasteiger charge is -2.08. The molecule has 104 valence electrons.